The highest BCUT2D eigenvalue weighted by molar-refractivity contribution is 6.17. The molecule has 0 bridgehead atoms. The van der Waals surface area contributed by atoms with E-state index in [-0.39, 0.29) is 17.2 Å². The molecule has 0 aliphatic carbocycles. The number of benzene rings is 1. The SMILES string of the molecule is C=N/C=C(\N=C(C)Oc1ccccc1/C(=C\OC)C(=O)OC)OCC(F)(F)F. The van der Waals surface area contributed by atoms with Gasteiger partial charge in [-0.25, -0.2) is 4.79 Å². The number of nitrogens with zero attached hydrogens (tertiary/aromatic N) is 2. The third-order valence-electron chi connectivity index (χ3n) is 2.93. The van der Waals surface area contributed by atoms with Crippen molar-refractivity contribution < 1.29 is 36.9 Å². The molecule has 1 rings (SSSR count). The average Bonchev–Trinajstić information content (AvgIpc) is 2.64. The highest BCUT2D eigenvalue weighted by atomic mass is 19.4. The molecule has 0 heterocycles. The molecule has 0 saturated heterocycles. The van der Waals surface area contributed by atoms with E-state index >= 15 is 0 Å². The molecule has 0 amide bonds. The fraction of sp³-hybridized carbons (Fsp3) is 0.278. The molecule has 0 aromatic heterocycles. The molecule has 0 aliphatic rings. The van der Waals surface area contributed by atoms with E-state index < -0.39 is 24.6 Å². The van der Waals surface area contributed by atoms with Crippen LogP contribution in [0, 0.1) is 0 Å². The van der Waals surface area contributed by atoms with Crippen molar-refractivity contribution in [3.63, 3.8) is 0 Å². The lowest BCUT2D eigenvalue weighted by molar-refractivity contribution is -0.165. The number of alkyl halides is 3. The molecule has 0 radical (unpaired) electrons. The first-order chi connectivity index (χ1) is 13.2. The Morgan fingerprint density at radius 3 is 2.50 bits per heavy atom. The number of methoxy groups -OCH3 is 2. The zero-order chi connectivity index (χ0) is 21.2. The van der Waals surface area contributed by atoms with Gasteiger partial charge in [0.15, 0.2) is 12.5 Å². The molecule has 0 saturated carbocycles. The molecule has 7 nitrogen and oxygen atoms in total. The van der Waals surface area contributed by atoms with Gasteiger partial charge in [-0.15, -0.1) is 0 Å². The molecule has 0 unspecified atom stereocenters. The number of ether oxygens (including phenoxy) is 4. The predicted octanol–water partition coefficient (Wildman–Crippen LogP) is 3.72. The van der Waals surface area contributed by atoms with Gasteiger partial charge in [0, 0.05) is 12.5 Å². The van der Waals surface area contributed by atoms with Crippen LogP contribution in [0.15, 0.2) is 52.6 Å². The molecular formula is C18H19F3N2O5. The van der Waals surface area contributed by atoms with Crippen LogP contribution in [0.25, 0.3) is 5.57 Å². The second-order valence-electron chi connectivity index (χ2n) is 5.04. The van der Waals surface area contributed by atoms with E-state index in [1.807, 2.05) is 0 Å². The maximum atomic E-state index is 12.3. The largest absolute Gasteiger partial charge is 0.503 e. The van der Waals surface area contributed by atoms with Crippen molar-refractivity contribution in [3.05, 3.63) is 48.2 Å². The second-order valence-corrected chi connectivity index (χ2v) is 5.04. The van der Waals surface area contributed by atoms with Crippen LogP contribution in [-0.2, 0) is 19.0 Å². The van der Waals surface area contributed by atoms with Crippen LogP contribution in [0.5, 0.6) is 5.75 Å². The number of carbonyl (C=O) groups excluding carboxylic acids is 1. The molecule has 0 aliphatic heterocycles. The van der Waals surface area contributed by atoms with E-state index in [1.54, 1.807) is 18.2 Å². The molecule has 1 aromatic rings. The van der Waals surface area contributed by atoms with E-state index in [9.17, 15) is 18.0 Å². The van der Waals surface area contributed by atoms with Crippen LogP contribution >= 0.6 is 0 Å². The van der Waals surface area contributed by atoms with Crippen molar-refractivity contribution in [2.75, 3.05) is 20.8 Å². The Bertz CT molecular complexity index is 786. The minimum Gasteiger partial charge on any atom is -0.503 e. The molecule has 0 fully saturated rings. The van der Waals surface area contributed by atoms with Crippen molar-refractivity contribution in [2.24, 2.45) is 9.98 Å². The van der Waals surface area contributed by atoms with Gasteiger partial charge < -0.3 is 18.9 Å². The number of esters is 1. The Morgan fingerprint density at radius 1 is 1.25 bits per heavy atom. The number of rotatable bonds is 8. The standard InChI is InChI=1S/C18H19F3N2O5/c1-12(23-16(9-22-2)27-11-18(19,20)21)28-15-8-6-5-7-13(15)14(10-25-3)17(24)26-4/h5-10H,2,11H2,1,3-4H3/b14-10+,16-9+,23-12?. The smallest absolute Gasteiger partial charge is 0.422 e. The Morgan fingerprint density at radius 2 is 1.93 bits per heavy atom. The van der Waals surface area contributed by atoms with Gasteiger partial charge in [-0.2, -0.15) is 18.2 Å². The van der Waals surface area contributed by atoms with Crippen molar-refractivity contribution >= 4 is 24.2 Å². The van der Waals surface area contributed by atoms with E-state index in [1.165, 1.54) is 33.5 Å². The van der Waals surface area contributed by atoms with Crippen LogP contribution in [-0.4, -0.2) is 45.6 Å². The molecule has 1 aromatic carbocycles. The molecule has 0 spiro atoms. The summed E-state index contributed by atoms with van der Waals surface area (Å²) in [5, 5.41) is 0. The first-order valence-electron chi connectivity index (χ1n) is 7.71. The van der Waals surface area contributed by atoms with E-state index in [0.29, 0.717) is 5.56 Å². The van der Waals surface area contributed by atoms with Gasteiger partial charge >= 0.3 is 12.1 Å². The number of aliphatic imine (C=N–C) groups is 2. The van der Waals surface area contributed by atoms with E-state index in [0.717, 1.165) is 6.20 Å². The second kappa shape index (κ2) is 10.8. The van der Waals surface area contributed by atoms with Gasteiger partial charge in [0.25, 0.3) is 0 Å². The molecule has 10 heteroatoms. The number of hydrogen-bond acceptors (Lipinski definition) is 7. The molecule has 0 atom stereocenters. The lowest BCUT2D eigenvalue weighted by Crippen LogP contribution is -2.17. The first-order valence-corrected chi connectivity index (χ1v) is 7.71. The zero-order valence-corrected chi connectivity index (χ0v) is 15.4. The van der Waals surface area contributed by atoms with Gasteiger partial charge in [-0.3, -0.25) is 4.99 Å². The van der Waals surface area contributed by atoms with Gasteiger partial charge in [0.1, 0.15) is 11.3 Å². The van der Waals surface area contributed by atoms with Crippen molar-refractivity contribution in [3.8, 4) is 5.75 Å². The maximum absolute atomic E-state index is 12.3. The third-order valence-corrected chi connectivity index (χ3v) is 2.93. The zero-order valence-electron chi connectivity index (χ0n) is 15.4. The number of halogens is 3. The number of para-hydroxylation sites is 1. The highest BCUT2D eigenvalue weighted by Gasteiger charge is 2.29. The molecule has 28 heavy (non-hydrogen) atoms. The van der Waals surface area contributed by atoms with Crippen molar-refractivity contribution in [1.82, 2.24) is 0 Å². The number of hydrogen-bond donors (Lipinski definition) is 0. The summed E-state index contributed by atoms with van der Waals surface area (Å²) in [6.45, 7) is 2.99. The minimum absolute atomic E-state index is 0.0637. The molecule has 152 valence electrons. The number of carbonyl (C=O) groups is 1. The minimum atomic E-state index is -4.54. The Balaban J connectivity index is 3.14. The molecule has 0 N–H and O–H groups in total. The fourth-order valence-electron chi connectivity index (χ4n) is 1.90. The third kappa shape index (κ3) is 7.52. The highest BCUT2D eigenvalue weighted by Crippen LogP contribution is 2.27. The van der Waals surface area contributed by atoms with Crippen LogP contribution < -0.4 is 4.74 Å². The first kappa shape index (κ1) is 22.7. The summed E-state index contributed by atoms with van der Waals surface area (Å²) in [6, 6.07) is 6.40. The van der Waals surface area contributed by atoms with Gasteiger partial charge in [0.05, 0.1) is 26.7 Å². The Labute approximate surface area is 159 Å². The van der Waals surface area contributed by atoms with Crippen LogP contribution in [0.4, 0.5) is 13.2 Å². The van der Waals surface area contributed by atoms with Crippen molar-refractivity contribution in [1.29, 1.82) is 0 Å². The lowest BCUT2D eigenvalue weighted by atomic mass is 10.1. The average molecular weight is 400 g/mol. The Kier molecular flexibility index (Phi) is 8.73. The van der Waals surface area contributed by atoms with Crippen LogP contribution in [0.3, 0.4) is 0 Å². The fourth-order valence-corrected chi connectivity index (χ4v) is 1.90. The van der Waals surface area contributed by atoms with Gasteiger partial charge in [-0.05, 0) is 12.8 Å². The normalized spacial score (nSPS) is 13.0. The summed E-state index contributed by atoms with van der Waals surface area (Å²) in [6.07, 6.45) is -2.45. The summed E-state index contributed by atoms with van der Waals surface area (Å²) >= 11 is 0. The predicted molar refractivity (Wildman–Crippen MR) is 96.8 cm³/mol. The van der Waals surface area contributed by atoms with Crippen molar-refractivity contribution in [2.45, 2.75) is 13.1 Å². The topological polar surface area (TPSA) is 78.7 Å². The summed E-state index contributed by atoms with van der Waals surface area (Å²) in [5.74, 6) is -0.981. The summed E-state index contributed by atoms with van der Waals surface area (Å²) in [7, 11) is 2.57. The van der Waals surface area contributed by atoms with Gasteiger partial charge in [0.2, 0.25) is 5.88 Å². The molecular weight excluding hydrogens is 381 g/mol. The van der Waals surface area contributed by atoms with Crippen LogP contribution in [0.2, 0.25) is 0 Å². The maximum Gasteiger partial charge on any atom is 0.422 e. The summed E-state index contributed by atoms with van der Waals surface area (Å²) in [4.78, 5) is 19.1. The summed E-state index contributed by atoms with van der Waals surface area (Å²) < 4.78 is 56.7. The Hall–Kier alpha value is -3.30. The van der Waals surface area contributed by atoms with E-state index in [4.69, 9.17) is 14.2 Å². The lowest BCUT2D eigenvalue weighted by Gasteiger charge is -2.13. The quantitative estimate of drug-likeness (QED) is 0.218. The monoisotopic (exact) mass is 400 g/mol. The van der Waals surface area contributed by atoms with Crippen LogP contribution in [0.1, 0.15) is 12.5 Å². The van der Waals surface area contributed by atoms with Gasteiger partial charge in [-0.1, -0.05) is 18.2 Å². The summed E-state index contributed by atoms with van der Waals surface area (Å²) in [5.41, 5.74) is 0.402. The van der Waals surface area contributed by atoms with E-state index in [2.05, 4.69) is 21.4 Å².